The molecule has 0 bridgehead atoms. The van der Waals surface area contributed by atoms with Crippen LogP contribution in [-0.4, -0.2) is 48.6 Å². The second kappa shape index (κ2) is 7.41. The van der Waals surface area contributed by atoms with Gasteiger partial charge >= 0.3 is 0 Å². The van der Waals surface area contributed by atoms with Crippen molar-refractivity contribution in [3.05, 3.63) is 29.8 Å². The molecule has 4 heteroatoms. The van der Waals surface area contributed by atoms with Crippen LogP contribution < -0.4 is 4.74 Å². The number of aliphatic hydroxyl groups excluding tert-OH is 1. The summed E-state index contributed by atoms with van der Waals surface area (Å²) < 4.78 is 5.10. The molecule has 4 nitrogen and oxygen atoms in total. The Morgan fingerprint density at radius 1 is 1.35 bits per heavy atom. The quantitative estimate of drug-likeness (QED) is 0.739. The number of aliphatic hydroxyl groups is 1. The number of methoxy groups -OCH3 is 1. The molecule has 0 aliphatic heterocycles. The minimum atomic E-state index is 0.137. The van der Waals surface area contributed by atoms with Gasteiger partial charge < -0.3 is 9.84 Å². The number of nitrogens with zero attached hydrogens (tertiary/aromatic N) is 1. The number of benzene rings is 1. The number of ether oxygens (including phenoxy) is 1. The molecule has 2 rings (SSSR count). The molecule has 1 fully saturated rings. The average molecular weight is 277 g/mol. The van der Waals surface area contributed by atoms with Gasteiger partial charge in [0.2, 0.25) is 0 Å². The van der Waals surface area contributed by atoms with Crippen LogP contribution in [-0.2, 0) is 0 Å². The van der Waals surface area contributed by atoms with Gasteiger partial charge in [0.1, 0.15) is 5.75 Å². The smallest absolute Gasteiger partial charge is 0.176 e. The van der Waals surface area contributed by atoms with E-state index in [2.05, 4.69) is 4.90 Å². The van der Waals surface area contributed by atoms with E-state index in [1.807, 2.05) is 24.3 Å². The summed E-state index contributed by atoms with van der Waals surface area (Å²) in [6, 6.07) is 7.77. The van der Waals surface area contributed by atoms with Gasteiger partial charge in [-0.05, 0) is 43.5 Å². The third kappa shape index (κ3) is 3.81. The van der Waals surface area contributed by atoms with E-state index in [9.17, 15) is 4.79 Å². The molecular weight excluding hydrogens is 254 g/mol. The largest absolute Gasteiger partial charge is 0.497 e. The Morgan fingerprint density at radius 3 is 2.55 bits per heavy atom. The van der Waals surface area contributed by atoms with E-state index < -0.39 is 0 Å². The van der Waals surface area contributed by atoms with Crippen LogP contribution in [0.15, 0.2) is 24.3 Å². The standard InChI is InChI=1S/C16H23NO3/c1-20-15-8-6-13(7-9-15)16(19)12-17(10-3-11-18)14-4-2-5-14/h6-9,14,18H,2-5,10-12H2,1H3. The van der Waals surface area contributed by atoms with Crippen molar-refractivity contribution in [3.63, 3.8) is 0 Å². The number of carbonyl (C=O) groups excluding carboxylic acids is 1. The monoisotopic (exact) mass is 277 g/mol. The van der Waals surface area contributed by atoms with Crippen LogP contribution in [0.4, 0.5) is 0 Å². The van der Waals surface area contributed by atoms with E-state index in [0.29, 0.717) is 12.6 Å². The van der Waals surface area contributed by atoms with Crippen molar-refractivity contribution in [1.29, 1.82) is 0 Å². The van der Waals surface area contributed by atoms with Crippen molar-refractivity contribution in [2.24, 2.45) is 0 Å². The summed E-state index contributed by atoms with van der Waals surface area (Å²) in [5, 5.41) is 8.97. The summed E-state index contributed by atoms with van der Waals surface area (Å²) in [6.07, 6.45) is 4.31. The molecule has 0 unspecified atom stereocenters. The molecule has 1 N–H and O–H groups in total. The minimum absolute atomic E-state index is 0.137. The molecule has 0 heterocycles. The highest BCUT2D eigenvalue weighted by Gasteiger charge is 2.26. The van der Waals surface area contributed by atoms with E-state index in [1.54, 1.807) is 7.11 Å². The normalized spacial score (nSPS) is 15.2. The summed E-state index contributed by atoms with van der Waals surface area (Å²) in [5.74, 6) is 0.898. The van der Waals surface area contributed by atoms with Gasteiger partial charge in [-0.25, -0.2) is 0 Å². The molecule has 0 saturated heterocycles. The second-order valence-electron chi connectivity index (χ2n) is 5.28. The number of ketones is 1. The maximum absolute atomic E-state index is 12.3. The van der Waals surface area contributed by atoms with Crippen LogP contribution in [0.1, 0.15) is 36.0 Å². The Hall–Kier alpha value is -1.39. The van der Waals surface area contributed by atoms with Gasteiger partial charge in [0, 0.05) is 24.8 Å². The number of carbonyl (C=O) groups is 1. The van der Waals surface area contributed by atoms with Crippen LogP contribution in [0.5, 0.6) is 5.75 Å². The van der Waals surface area contributed by atoms with Gasteiger partial charge in [-0.15, -0.1) is 0 Å². The molecular formula is C16H23NO3. The summed E-state index contributed by atoms with van der Waals surface area (Å²) >= 11 is 0. The van der Waals surface area contributed by atoms with Gasteiger partial charge in [-0.1, -0.05) is 6.42 Å². The Labute approximate surface area is 120 Å². The zero-order valence-electron chi connectivity index (χ0n) is 12.0. The first-order valence-electron chi connectivity index (χ1n) is 7.26. The van der Waals surface area contributed by atoms with Crippen LogP contribution >= 0.6 is 0 Å². The summed E-state index contributed by atoms with van der Waals surface area (Å²) in [6.45, 7) is 1.42. The van der Waals surface area contributed by atoms with E-state index in [0.717, 1.165) is 24.3 Å². The first-order chi connectivity index (χ1) is 9.74. The topological polar surface area (TPSA) is 49.8 Å². The lowest BCUT2D eigenvalue weighted by molar-refractivity contribution is 0.0788. The SMILES string of the molecule is COc1ccc(C(=O)CN(CCCO)C2CCC2)cc1. The Balaban J connectivity index is 1.95. The predicted molar refractivity (Wildman–Crippen MR) is 78.2 cm³/mol. The van der Waals surface area contributed by atoms with E-state index in [1.165, 1.54) is 19.3 Å². The van der Waals surface area contributed by atoms with Crippen molar-refractivity contribution in [2.75, 3.05) is 26.8 Å². The van der Waals surface area contributed by atoms with Gasteiger partial charge in [-0.3, -0.25) is 9.69 Å². The van der Waals surface area contributed by atoms with Gasteiger partial charge in [0.25, 0.3) is 0 Å². The fraction of sp³-hybridized carbons (Fsp3) is 0.562. The third-order valence-corrected chi connectivity index (χ3v) is 3.95. The summed E-state index contributed by atoms with van der Waals surface area (Å²) in [7, 11) is 1.62. The van der Waals surface area contributed by atoms with E-state index in [-0.39, 0.29) is 12.4 Å². The highest BCUT2D eigenvalue weighted by Crippen LogP contribution is 2.25. The molecule has 110 valence electrons. The minimum Gasteiger partial charge on any atom is -0.497 e. The molecule has 1 saturated carbocycles. The highest BCUT2D eigenvalue weighted by molar-refractivity contribution is 5.97. The maximum Gasteiger partial charge on any atom is 0.176 e. The van der Waals surface area contributed by atoms with Crippen LogP contribution in [0, 0.1) is 0 Å². The molecule has 0 radical (unpaired) electrons. The highest BCUT2D eigenvalue weighted by atomic mass is 16.5. The molecule has 0 atom stereocenters. The maximum atomic E-state index is 12.3. The van der Waals surface area contributed by atoms with Crippen LogP contribution in [0.3, 0.4) is 0 Å². The molecule has 1 aromatic rings. The average Bonchev–Trinajstić information content (AvgIpc) is 2.42. The summed E-state index contributed by atoms with van der Waals surface area (Å²) in [5.41, 5.74) is 0.721. The number of hydrogen-bond acceptors (Lipinski definition) is 4. The number of rotatable bonds is 8. The lowest BCUT2D eigenvalue weighted by atomic mass is 9.91. The molecule has 0 aromatic heterocycles. The Bertz CT molecular complexity index is 426. The Kier molecular flexibility index (Phi) is 5.56. The van der Waals surface area contributed by atoms with Gasteiger partial charge in [0.15, 0.2) is 5.78 Å². The third-order valence-electron chi connectivity index (χ3n) is 3.95. The number of Topliss-reactive ketones (excluding diaryl/α,β-unsaturated/α-hetero) is 1. The molecule has 1 aliphatic carbocycles. The number of hydrogen-bond donors (Lipinski definition) is 1. The lowest BCUT2D eigenvalue weighted by Crippen LogP contribution is -2.43. The lowest BCUT2D eigenvalue weighted by Gasteiger charge is -2.37. The van der Waals surface area contributed by atoms with Crippen LogP contribution in [0.2, 0.25) is 0 Å². The first-order valence-corrected chi connectivity index (χ1v) is 7.26. The molecule has 0 amide bonds. The molecule has 1 aromatic carbocycles. The van der Waals surface area contributed by atoms with Crippen molar-refractivity contribution in [2.45, 2.75) is 31.7 Å². The zero-order valence-corrected chi connectivity index (χ0v) is 12.0. The van der Waals surface area contributed by atoms with Crippen LogP contribution in [0.25, 0.3) is 0 Å². The van der Waals surface area contributed by atoms with E-state index in [4.69, 9.17) is 9.84 Å². The molecule has 20 heavy (non-hydrogen) atoms. The second-order valence-corrected chi connectivity index (χ2v) is 5.28. The predicted octanol–water partition coefficient (Wildman–Crippen LogP) is 2.11. The van der Waals surface area contributed by atoms with Crippen molar-refractivity contribution < 1.29 is 14.6 Å². The zero-order chi connectivity index (χ0) is 14.4. The van der Waals surface area contributed by atoms with E-state index >= 15 is 0 Å². The van der Waals surface area contributed by atoms with Crippen molar-refractivity contribution in [3.8, 4) is 5.75 Å². The first kappa shape index (κ1) is 15.0. The van der Waals surface area contributed by atoms with Crippen molar-refractivity contribution in [1.82, 2.24) is 4.90 Å². The summed E-state index contributed by atoms with van der Waals surface area (Å²) in [4.78, 5) is 14.5. The molecule has 1 aliphatic rings. The fourth-order valence-corrected chi connectivity index (χ4v) is 2.47. The Morgan fingerprint density at radius 2 is 2.05 bits per heavy atom. The van der Waals surface area contributed by atoms with Crippen molar-refractivity contribution >= 4 is 5.78 Å². The fourth-order valence-electron chi connectivity index (χ4n) is 2.47. The van der Waals surface area contributed by atoms with Gasteiger partial charge in [-0.2, -0.15) is 0 Å². The van der Waals surface area contributed by atoms with Gasteiger partial charge in [0.05, 0.1) is 13.7 Å². The molecule has 0 spiro atoms.